The van der Waals surface area contributed by atoms with Crippen LogP contribution in [-0.4, -0.2) is 21.6 Å². The van der Waals surface area contributed by atoms with E-state index in [4.69, 9.17) is 0 Å². The lowest BCUT2D eigenvalue weighted by atomic mass is 9.98. The fourth-order valence-corrected chi connectivity index (χ4v) is 1.34. The van der Waals surface area contributed by atoms with E-state index in [0.29, 0.717) is 0 Å². The molecule has 0 radical (unpaired) electrons. The molecule has 1 N–H and O–H groups in total. The minimum absolute atomic E-state index is 0.0230. The number of aromatic nitrogens is 3. The predicted molar refractivity (Wildman–Crippen MR) is 68.9 cm³/mol. The fourth-order valence-electron chi connectivity index (χ4n) is 1.34. The summed E-state index contributed by atoms with van der Waals surface area (Å²) in [7, 11) is 1.84. The van der Waals surface area contributed by atoms with Crippen molar-refractivity contribution in [1.29, 1.82) is 0 Å². The Bertz CT molecular complexity index is 593. The Kier molecular flexibility index (Phi) is 2.76. The molecule has 0 saturated carbocycles. The molecule has 2 aromatic heterocycles. The second-order valence-corrected chi connectivity index (χ2v) is 4.88. The zero-order chi connectivity index (χ0) is 12.5. The van der Waals surface area contributed by atoms with Crippen LogP contribution in [0.4, 0.5) is 5.82 Å². The van der Waals surface area contributed by atoms with Gasteiger partial charge in [-0.05, 0) is 38.8 Å². The summed E-state index contributed by atoms with van der Waals surface area (Å²) < 4.78 is 1.75. The molecular weight excluding hydrogens is 212 g/mol. The summed E-state index contributed by atoms with van der Waals surface area (Å²) >= 11 is 0. The van der Waals surface area contributed by atoms with E-state index in [9.17, 15) is 0 Å². The molecule has 2 aromatic rings. The average Bonchev–Trinajstić information content (AvgIpc) is 2.67. The first-order chi connectivity index (χ1) is 7.99. The molecule has 0 bridgehead atoms. The first-order valence-electron chi connectivity index (χ1n) is 5.55. The molecule has 0 aliphatic heterocycles. The van der Waals surface area contributed by atoms with Crippen LogP contribution in [0.25, 0.3) is 5.65 Å². The van der Waals surface area contributed by atoms with Crippen LogP contribution in [0.5, 0.6) is 0 Å². The summed E-state index contributed by atoms with van der Waals surface area (Å²) in [5.74, 6) is 7.10. The van der Waals surface area contributed by atoms with E-state index in [1.807, 2.05) is 19.2 Å². The van der Waals surface area contributed by atoms with Crippen molar-refractivity contribution in [3.63, 3.8) is 0 Å². The Morgan fingerprint density at radius 3 is 2.71 bits per heavy atom. The third-order valence-corrected chi connectivity index (χ3v) is 2.18. The van der Waals surface area contributed by atoms with E-state index < -0.39 is 0 Å². The molecule has 0 fully saturated rings. The molecule has 4 nitrogen and oxygen atoms in total. The molecular formula is C13H16N4. The van der Waals surface area contributed by atoms with Gasteiger partial charge in [-0.25, -0.2) is 9.50 Å². The summed E-state index contributed by atoms with van der Waals surface area (Å²) in [6.07, 6.45) is 1.75. The maximum atomic E-state index is 4.39. The van der Waals surface area contributed by atoms with Gasteiger partial charge in [0.05, 0.1) is 6.20 Å². The number of hydrogen-bond acceptors (Lipinski definition) is 3. The van der Waals surface area contributed by atoms with Crippen molar-refractivity contribution in [2.45, 2.75) is 20.8 Å². The van der Waals surface area contributed by atoms with Gasteiger partial charge in [0.2, 0.25) is 0 Å². The zero-order valence-electron chi connectivity index (χ0n) is 10.6. The first-order valence-corrected chi connectivity index (χ1v) is 5.55. The molecule has 17 heavy (non-hydrogen) atoms. The van der Waals surface area contributed by atoms with E-state index in [2.05, 4.69) is 48.0 Å². The van der Waals surface area contributed by atoms with Gasteiger partial charge >= 0.3 is 0 Å². The van der Waals surface area contributed by atoms with Gasteiger partial charge in [-0.1, -0.05) is 5.92 Å². The van der Waals surface area contributed by atoms with Gasteiger partial charge in [0.25, 0.3) is 0 Å². The van der Waals surface area contributed by atoms with E-state index >= 15 is 0 Å². The molecule has 0 aliphatic rings. The second kappa shape index (κ2) is 4.10. The molecule has 2 rings (SSSR count). The van der Waals surface area contributed by atoms with Crippen molar-refractivity contribution in [3.8, 4) is 11.8 Å². The summed E-state index contributed by atoms with van der Waals surface area (Å²) in [4.78, 5) is 4.26. The molecule has 0 unspecified atom stereocenters. The summed E-state index contributed by atoms with van der Waals surface area (Å²) in [5, 5.41) is 7.40. The fraction of sp³-hybridized carbons (Fsp3) is 0.385. The average molecular weight is 228 g/mol. The molecule has 0 spiro atoms. The molecule has 2 heterocycles. The summed E-state index contributed by atoms with van der Waals surface area (Å²) in [6.45, 7) is 6.24. The zero-order valence-corrected chi connectivity index (χ0v) is 10.6. The van der Waals surface area contributed by atoms with Crippen LogP contribution in [-0.2, 0) is 0 Å². The quantitative estimate of drug-likeness (QED) is 0.761. The summed E-state index contributed by atoms with van der Waals surface area (Å²) in [5.41, 5.74) is 1.60. The van der Waals surface area contributed by atoms with Gasteiger partial charge in [-0.3, -0.25) is 0 Å². The minimum Gasteiger partial charge on any atom is -0.372 e. The third kappa shape index (κ3) is 2.56. The SMILES string of the molecule is CNc1ccc2ncc(C#CC(C)(C)C)n2n1. The van der Waals surface area contributed by atoms with E-state index in [-0.39, 0.29) is 5.41 Å². The molecule has 0 aliphatic carbocycles. The second-order valence-electron chi connectivity index (χ2n) is 4.88. The van der Waals surface area contributed by atoms with Crippen molar-refractivity contribution >= 4 is 11.5 Å². The van der Waals surface area contributed by atoms with Crippen LogP contribution in [0.1, 0.15) is 26.5 Å². The Hall–Kier alpha value is -2.02. The number of rotatable bonds is 1. The first kappa shape index (κ1) is 11.5. The van der Waals surface area contributed by atoms with Crippen LogP contribution in [0.3, 0.4) is 0 Å². The lowest BCUT2D eigenvalue weighted by molar-refractivity contribution is 0.571. The highest BCUT2D eigenvalue weighted by Gasteiger charge is 2.06. The number of nitrogens with one attached hydrogen (secondary N) is 1. The van der Waals surface area contributed by atoms with Gasteiger partial charge in [0, 0.05) is 12.5 Å². The smallest absolute Gasteiger partial charge is 0.155 e. The lowest BCUT2D eigenvalue weighted by Gasteiger charge is -2.06. The van der Waals surface area contributed by atoms with Crippen molar-refractivity contribution in [2.24, 2.45) is 5.41 Å². The number of nitrogens with zero attached hydrogens (tertiary/aromatic N) is 3. The van der Waals surface area contributed by atoms with E-state index in [1.165, 1.54) is 0 Å². The van der Waals surface area contributed by atoms with Crippen LogP contribution in [0, 0.1) is 17.3 Å². The van der Waals surface area contributed by atoms with Gasteiger partial charge < -0.3 is 5.32 Å². The number of hydrogen-bond donors (Lipinski definition) is 1. The molecule has 4 heteroatoms. The van der Waals surface area contributed by atoms with Gasteiger partial charge in [-0.15, -0.1) is 5.10 Å². The van der Waals surface area contributed by atoms with Crippen LogP contribution < -0.4 is 5.32 Å². The lowest BCUT2D eigenvalue weighted by Crippen LogP contribution is -2.02. The number of anilines is 1. The Balaban J connectivity index is 2.50. The molecule has 0 saturated heterocycles. The number of fused-ring (bicyclic) bond motifs is 1. The normalized spacial score (nSPS) is 11.1. The minimum atomic E-state index is -0.0230. The topological polar surface area (TPSA) is 42.2 Å². The predicted octanol–water partition coefficient (Wildman–Crippen LogP) is 2.17. The monoisotopic (exact) mass is 228 g/mol. The highest BCUT2D eigenvalue weighted by Crippen LogP contribution is 2.12. The van der Waals surface area contributed by atoms with Crippen molar-refractivity contribution < 1.29 is 0 Å². The van der Waals surface area contributed by atoms with Crippen molar-refractivity contribution in [3.05, 3.63) is 24.0 Å². The van der Waals surface area contributed by atoms with E-state index in [0.717, 1.165) is 17.2 Å². The standard InChI is InChI=1S/C13H16N4/c1-13(2,3)8-7-10-9-15-12-6-5-11(14-4)16-17(10)12/h5-6,9H,1-4H3,(H,14,16). The van der Waals surface area contributed by atoms with Crippen LogP contribution in [0.2, 0.25) is 0 Å². The van der Waals surface area contributed by atoms with Crippen LogP contribution >= 0.6 is 0 Å². The van der Waals surface area contributed by atoms with Gasteiger partial charge in [0.15, 0.2) is 5.65 Å². The molecule has 0 amide bonds. The Morgan fingerprint density at radius 1 is 1.29 bits per heavy atom. The third-order valence-electron chi connectivity index (χ3n) is 2.18. The Morgan fingerprint density at radius 2 is 2.06 bits per heavy atom. The highest BCUT2D eigenvalue weighted by molar-refractivity contribution is 5.47. The Labute approximate surface area is 101 Å². The molecule has 0 aromatic carbocycles. The van der Waals surface area contributed by atoms with Crippen molar-refractivity contribution in [1.82, 2.24) is 14.6 Å². The number of imidazole rings is 1. The molecule has 0 atom stereocenters. The summed E-state index contributed by atoms with van der Waals surface area (Å²) in [6, 6.07) is 3.81. The van der Waals surface area contributed by atoms with Crippen molar-refractivity contribution in [2.75, 3.05) is 12.4 Å². The largest absolute Gasteiger partial charge is 0.372 e. The van der Waals surface area contributed by atoms with E-state index in [1.54, 1.807) is 10.7 Å². The van der Waals surface area contributed by atoms with Crippen LogP contribution in [0.15, 0.2) is 18.3 Å². The van der Waals surface area contributed by atoms with Gasteiger partial charge in [-0.2, -0.15) is 0 Å². The van der Waals surface area contributed by atoms with Gasteiger partial charge in [0.1, 0.15) is 11.5 Å². The molecule has 88 valence electrons. The maximum Gasteiger partial charge on any atom is 0.155 e. The highest BCUT2D eigenvalue weighted by atomic mass is 15.3. The maximum absolute atomic E-state index is 4.39.